The summed E-state index contributed by atoms with van der Waals surface area (Å²) in [5.41, 5.74) is 5.02. The molecule has 31 heavy (non-hydrogen) atoms. The highest BCUT2D eigenvalue weighted by atomic mass is 35.5. The lowest BCUT2D eigenvalue weighted by molar-refractivity contribution is 0.0691. The second-order valence-corrected chi connectivity index (χ2v) is 8.27. The van der Waals surface area contributed by atoms with Crippen molar-refractivity contribution in [2.75, 3.05) is 13.3 Å². The standard InChI is InChI=1S/C25H19ClN2O3/c26-17-8-5-15(6-9-17)24-23-19(18-3-1-2-4-20(18)27-23)11-12-28(24)25(29)16-7-10-21-22(13-16)31-14-30-21/h1-10,13,24,27H,11-12,14H2/t24-/m0/s1. The predicted molar refractivity (Wildman–Crippen MR) is 119 cm³/mol. The Morgan fingerprint density at radius 3 is 2.68 bits per heavy atom. The molecule has 6 rings (SSSR count). The molecule has 1 N–H and O–H groups in total. The Hall–Kier alpha value is -3.44. The van der Waals surface area contributed by atoms with E-state index in [1.165, 1.54) is 10.9 Å². The average Bonchev–Trinajstić information content (AvgIpc) is 3.42. The van der Waals surface area contributed by atoms with Crippen LogP contribution in [0.2, 0.25) is 5.02 Å². The van der Waals surface area contributed by atoms with Crippen molar-refractivity contribution in [3.8, 4) is 11.5 Å². The molecule has 5 nitrogen and oxygen atoms in total. The van der Waals surface area contributed by atoms with Crippen LogP contribution >= 0.6 is 11.6 Å². The van der Waals surface area contributed by atoms with Crippen molar-refractivity contribution < 1.29 is 14.3 Å². The number of benzene rings is 3. The third-order valence-electron chi connectivity index (χ3n) is 6.10. The molecule has 4 aromatic rings. The normalized spacial score (nSPS) is 17.1. The monoisotopic (exact) mass is 430 g/mol. The summed E-state index contributed by atoms with van der Waals surface area (Å²) in [6.07, 6.45) is 0.791. The number of aromatic amines is 1. The number of fused-ring (bicyclic) bond motifs is 4. The molecule has 1 atom stereocenters. The van der Waals surface area contributed by atoms with Gasteiger partial charge in [-0.2, -0.15) is 0 Å². The van der Waals surface area contributed by atoms with Gasteiger partial charge in [-0.15, -0.1) is 0 Å². The van der Waals surface area contributed by atoms with Crippen molar-refractivity contribution >= 4 is 28.4 Å². The van der Waals surface area contributed by atoms with Gasteiger partial charge in [0, 0.05) is 33.7 Å². The zero-order valence-electron chi connectivity index (χ0n) is 16.6. The van der Waals surface area contributed by atoms with E-state index in [9.17, 15) is 4.79 Å². The summed E-state index contributed by atoms with van der Waals surface area (Å²) in [6, 6.07) is 21.2. The first-order valence-electron chi connectivity index (χ1n) is 10.2. The van der Waals surface area contributed by atoms with E-state index < -0.39 is 0 Å². The zero-order chi connectivity index (χ0) is 20.9. The van der Waals surface area contributed by atoms with Crippen molar-refractivity contribution in [3.05, 3.63) is 94.1 Å². The maximum absolute atomic E-state index is 13.7. The molecule has 0 aliphatic carbocycles. The van der Waals surface area contributed by atoms with Gasteiger partial charge in [0.15, 0.2) is 11.5 Å². The summed E-state index contributed by atoms with van der Waals surface area (Å²) < 4.78 is 10.9. The highest BCUT2D eigenvalue weighted by Crippen LogP contribution is 2.40. The third kappa shape index (κ3) is 2.96. The minimum absolute atomic E-state index is 0.0393. The van der Waals surface area contributed by atoms with Crippen molar-refractivity contribution in [3.63, 3.8) is 0 Å². The highest BCUT2D eigenvalue weighted by molar-refractivity contribution is 6.30. The van der Waals surface area contributed by atoms with Crippen LogP contribution in [-0.2, 0) is 6.42 Å². The summed E-state index contributed by atoms with van der Waals surface area (Å²) in [5.74, 6) is 1.24. The second-order valence-electron chi connectivity index (χ2n) is 7.83. The number of hydrogen-bond acceptors (Lipinski definition) is 3. The molecule has 2 aliphatic heterocycles. The molecule has 1 amide bonds. The van der Waals surface area contributed by atoms with E-state index in [0.717, 1.165) is 23.2 Å². The van der Waals surface area contributed by atoms with Crippen LogP contribution in [0.25, 0.3) is 10.9 Å². The summed E-state index contributed by atoms with van der Waals surface area (Å²) in [4.78, 5) is 19.2. The Morgan fingerprint density at radius 2 is 1.81 bits per heavy atom. The first-order valence-corrected chi connectivity index (χ1v) is 10.6. The molecule has 0 fully saturated rings. The van der Waals surface area contributed by atoms with Crippen LogP contribution in [0.3, 0.4) is 0 Å². The van der Waals surface area contributed by atoms with E-state index in [4.69, 9.17) is 21.1 Å². The minimum atomic E-state index is -0.230. The van der Waals surface area contributed by atoms with Gasteiger partial charge in [-0.05, 0) is 53.9 Å². The highest BCUT2D eigenvalue weighted by Gasteiger charge is 2.35. The summed E-state index contributed by atoms with van der Waals surface area (Å²) in [6.45, 7) is 0.804. The Labute approximate surface area is 184 Å². The smallest absolute Gasteiger partial charge is 0.254 e. The Kier molecular flexibility index (Phi) is 4.18. The molecule has 3 aromatic carbocycles. The summed E-state index contributed by atoms with van der Waals surface area (Å²) in [5, 5.41) is 1.89. The molecule has 0 saturated heterocycles. The molecular weight excluding hydrogens is 412 g/mol. The van der Waals surface area contributed by atoms with E-state index >= 15 is 0 Å². The number of nitrogens with one attached hydrogen (secondary N) is 1. The predicted octanol–water partition coefficient (Wildman–Crippen LogP) is 5.34. The fourth-order valence-electron chi connectivity index (χ4n) is 4.65. The fourth-order valence-corrected chi connectivity index (χ4v) is 4.77. The number of halogens is 1. The number of para-hydroxylation sites is 1. The Balaban J connectivity index is 1.47. The van der Waals surface area contributed by atoms with Crippen LogP contribution in [0, 0.1) is 0 Å². The number of ether oxygens (including phenoxy) is 2. The quantitative estimate of drug-likeness (QED) is 0.467. The lowest BCUT2D eigenvalue weighted by Crippen LogP contribution is -2.40. The molecule has 3 heterocycles. The molecular formula is C25H19ClN2O3. The van der Waals surface area contributed by atoms with Crippen LogP contribution < -0.4 is 9.47 Å². The third-order valence-corrected chi connectivity index (χ3v) is 6.35. The number of carbonyl (C=O) groups is 1. The number of carbonyl (C=O) groups excluding carboxylic acids is 1. The van der Waals surface area contributed by atoms with Crippen molar-refractivity contribution in [1.29, 1.82) is 0 Å². The number of H-pyrrole nitrogens is 1. The first kappa shape index (κ1) is 18.3. The van der Waals surface area contributed by atoms with Crippen LogP contribution in [0.1, 0.15) is 33.2 Å². The van der Waals surface area contributed by atoms with E-state index in [1.807, 2.05) is 35.2 Å². The van der Waals surface area contributed by atoms with Crippen LogP contribution in [-0.4, -0.2) is 29.1 Å². The first-order chi connectivity index (χ1) is 15.2. The average molecular weight is 431 g/mol. The van der Waals surface area contributed by atoms with E-state index in [2.05, 4.69) is 23.2 Å². The Bertz CT molecular complexity index is 1310. The van der Waals surface area contributed by atoms with Crippen LogP contribution in [0.5, 0.6) is 11.5 Å². The van der Waals surface area contributed by atoms with Gasteiger partial charge in [-0.3, -0.25) is 4.79 Å². The molecule has 1 aromatic heterocycles. The van der Waals surface area contributed by atoms with Crippen LogP contribution in [0.4, 0.5) is 0 Å². The van der Waals surface area contributed by atoms with Gasteiger partial charge in [0.1, 0.15) is 0 Å². The maximum atomic E-state index is 13.7. The van der Waals surface area contributed by atoms with E-state index in [-0.39, 0.29) is 18.7 Å². The lowest BCUT2D eigenvalue weighted by Gasteiger charge is -2.36. The molecule has 154 valence electrons. The SMILES string of the molecule is O=C(c1ccc2c(c1)OCO2)N1CCc2c([nH]c3ccccc23)[C@@H]1c1ccc(Cl)cc1. The van der Waals surface area contributed by atoms with Crippen molar-refractivity contribution in [1.82, 2.24) is 9.88 Å². The zero-order valence-corrected chi connectivity index (χ0v) is 17.4. The molecule has 0 unspecified atom stereocenters. The van der Waals surface area contributed by atoms with Crippen molar-refractivity contribution in [2.24, 2.45) is 0 Å². The topological polar surface area (TPSA) is 54.6 Å². The largest absolute Gasteiger partial charge is 0.454 e. The maximum Gasteiger partial charge on any atom is 0.254 e. The second kappa shape index (κ2) is 7.06. The number of rotatable bonds is 2. The molecule has 6 heteroatoms. The van der Waals surface area contributed by atoms with Crippen molar-refractivity contribution in [2.45, 2.75) is 12.5 Å². The van der Waals surface area contributed by atoms with Gasteiger partial charge < -0.3 is 19.4 Å². The summed E-state index contributed by atoms with van der Waals surface area (Å²) >= 11 is 6.15. The minimum Gasteiger partial charge on any atom is -0.454 e. The van der Waals surface area contributed by atoms with E-state index in [1.54, 1.807) is 18.2 Å². The fraction of sp³-hybridized carbons (Fsp3) is 0.160. The van der Waals surface area contributed by atoms with Gasteiger partial charge in [0.25, 0.3) is 5.91 Å². The lowest BCUT2D eigenvalue weighted by atomic mass is 9.91. The van der Waals surface area contributed by atoms with Gasteiger partial charge in [-0.25, -0.2) is 0 Å². The number of aromatic nitrogens is 1. The number of nitrogens with zero attached hydrogens (tertiary/aromatic N) is 1. The van der Waals surface area contributed by atoms with Gasteiger partial charge in [0.2, 0.25) is 6.79 Å². The molecule has 2 aliphatic rings. The van der Waals surface area contributed by atoms with Crippen LogP contribution in [0.15, 0.2) is 66.7 Å². The molecule has 0 saturated carbocycles. The van der Waals surface area contributed by atoms with Gasteiger partial charge in [0.05, 0.1) is 6.04 Å². The Morgan fingerprint density at radius 1 is 1.00 bits per heavy atom. The number of amides is 1. The summed E-state index contributed by atoms with van der Waals surface area (Å²) in [7, 11) is 0. The molecule has 0 bridgehead atoms. The number of hydrogen-bond donors (Lipinski definition) is 1. The van der Waals surface area contributed by atoms with E-state index in [0.29, 0.717) is 28.6 Å². The van der Waals surface area contributed by atoms with Gasteiger partial charge in [-0.1, -0.05) is 41.9 Å². The molecule has 0 radical (unpaired) electrons. The van der Waals surface area contributed by atoms with Gasteiger partial charge >= 0.3 is 0 Å². The molecule has 0 spiro atoms.